The minimum atomic E-state index is -0.0380. The third-order valence-corrected chi connectivity index (χ3v) is 2.26. The monoisotopic (exact) mass is 185 g/mol. The fourth-order valence-electron chi connectivity index (χ4n) is 1.16. The highest BCUT2D eigenvalue weighted by atomic mass is 16.5. The lowest BCUT2D eigenvalue weighted by atomic mass is 10.2. The molecule has 2 N–H and O–H groups in total. The van der Waals surface area contributed by atoms with Gasteiger partial charge in [-0.25, -0.2) is 0 Å². The summed E-state index contributed by atoms with van der Waals surface area (Å²) < 4.78 is 5.08. The molecule has 3 nitrogen and oxygen atoms in total. The Morgan fingerprint density at radius 1 is 1.31 bits per heavy atom. The standard InChI is InChI=1S/C10H19NO2/c11-7-3-1-2-4-10(12)13-8-9-5-6-9/h9H,1-8,11H2. The van der Waals surface area contributed by atoms with E-state index < -0.39 is 0 Å². The van der Waals surface area contributed by atoms with Gasteiger partial charge in [0.15, 0.2) is 0 Å². The van der Waals surface area contributed by atoms with Gasteiger partial charge < -0.3 is 10.5 Å². The van der Waals surface area contributed by atoms with Crippen molar-refractivity contribution in [3.05, 3.63) is 0 Å². The largest absolute Gasteiger partial charge is 0.465 e. The number of hydrogen-bond donors (Lipinski definition) is 1. The molecule has 0 unspecified atom stereocenters. The number of hydrogen-bond acceptors (Lipinski definition) is 3. The second kappa shape index (κ2) is 5.97. The molecule has 0 aromatic carbocycles. The molecule has 0 radical (unpaired) electrons. The first kappa shape index (κ1) is 10.5. The summed E-state index contributed by atoms with van der Waals surface area (Å²) in [6.45, 7) is 1.37. The number of nitrogens with two attached hydrogens (primary N) is 1. The van der Waals surface area contributed by atoms with Crippen LogP contribution in [0.3, 0.4) is 0 Å². The Morgan fingerprint density at radius 3 is 2.69 bits per heavy atom. The second-order valence-electron chi connectivity index (χ2n) is 3.73. The van der Waals surface area contributed by atoms with Crippen molar-refractivity contribution in [2.75, 3.05) is 13.2 Å². The Morgan fingerprint density at radius 2 is 2.08 bits per heavy atom. The van der Waals surface area contributed by atoms with Gasteiger partial charge in [0.2, 0.25) is 0 Å². The van der Waals surface area contributed by atoms with E-state index in [2.05, 4.69) is 0 Å². The van der Waals surface area contributed by atoms with Crippen molar-refractivity contribution >= 4 is 5.97 Å². The predicted molar refractivity (Wildman–Crippen MR) is 51.2 cm³/mol. The van der Waals surface area contributed by atoms with E-state index in [1.54, 1.807) is 0 Å². The van der Waals surface area contributed by atoms with Crippen molar-refractivity contribution in [2.45, 2.75) is 38.5 Å². The minimum Gasteiger partial charge on any atom is -0.465 e. The fraction of sp³-hybridized carbons (Fsp3) is 0.900. The molecule has 0 amide bonds. The van der Waals surface area contributed by atoms with Crippen molar-refractivity contribution in [3.63, 3.8) is 0 Å². The molecule has 1 aliphatic rings. The van der Waals surface area contributed by atoms with Crippen LogP contribution >= 0.6 is 0 Å². The Labute approximate surface area is 79.6 Å². The van der Waals surface area contributed by atoms with E-state index in [0.717, 1.165) is 25.8 Å². The summed E-state index contributed by atoms with van der Waals surface area (Å²) in [5, 5.41) is 0. The number of rotatable bonds is 7. The zero-order valence-corrected chi connectivity index (χ0v) is 8.13. The maximum atomic E-state index is 11.1. The third-order valence-electron chi connectivity index (χ3n) is 2.26. The molecular formula is C10H19NO2. The zero-order valence-electron chi connectivity index (χ0n) is 8.13. The molecule has 0 saturated heterocycles. The normalized spacial score (nSPS) is 15.8. The van der Waals surface area contributed by atoms with Crippen LogP contribution in [0.5, 0.6) is 0 Å². The molecular weight excluding hydrogens is 166 g/mol. The van der Waals surface area contributed by atoms with Gasteiger partial charge in [-0.15, -0.1) is 0 Å². The summed E-state index contributed by atoms with van der Waals surface area (Å²) in [7, 11) is 0. The van der Waals surface area contributed by atoms with Gasteiger partial charge in [0.25, 0.3) is 0 Å². The molecule has 1 rings (SSSR count). The predicted octanol–water partition coefficient (Wildman–Crippen LogP) is 1.46. The third kappa shape index (κ3) is 5.64. The van der Waals surface area contributed by atoms with Crippen LogP contribution in [0, 0.1) is 5.92 Å². The average molecular weight is 185 g/mol. The molecule has 1 aliphatic carbocycles. The highest BCUT2D eigenvalue weighted by Gasteiger charge is 2.22. The van der Waals surface area contributed by atoms with Crippen molar-refractivity contribution in [1.82, 2.24) is 0 Å². The van der Waals surface area contributed by atoms with E-state index >= 15 is 0 Å². The first-order valence-electron chi connectivity index (χ1n) is 5.18. The van der Waals surface area contributed by atoms with Crippen LogP contribution in [0.1, 0.15) is 38.5 Å². The number of unbranched alkanes of at least 4 members (excludes halogenated alkanes) is 2. The molecule has 0 spiro atoms. The van der Waals surface area contributed by atoms with Crippen LogP contribution in [0.2, 0.25) is 0 Å². The van der Waals surface area contributed by atoms with Crippen molar-refractivity contribution in [2.24, 2.45) is 11.7 Å². The van der Waals surface area contributed by atoms with Crippen LogP contribution in [0.15, 0.2) is 0 Å². The van der Waals surface area contributed by atoms with Gasteiger partial charge in [-0.1, -0.05) is 6.42 Å². The van der Waals surface area contributed by atoms with Gasteiger partial charge in [-0.3, -0.25) is 4.79 Å². The average Bonchev–Trinajstić information content (AvgIpc) is 2.92. The maximum absolute atomic E-state index is 11.1. The lowest BCUT2D eigenvalue weighted by molar-refractivity contribution is -0.144. The molecule has 0 aromatic rings. The number of carbonyl (C=O) groups is 1. The SMILES string of the molecule is NCCCCCC(=O)OCC1CC1. The molecule has 1 fully saturated rings. The van der Waals surface area contributed by atoms with E-state index in [0.29, 0.717) is 18.9 Å². The van der Waals surface area contributed by atoms with E-state index in [1.807, 2.05) is 0 Å². The molecule has 76 valence electrons. The van der Waals surface area contributed by atoms with E-state index in [4.69, 9.17) is 10.5 Å². The summed E-state index contributed by atoms with van der Waals surface area (Å²) in [5.74, 6) is 0.636. The molecule has 1 saturated carbocycles. The van der Waals surface area contributed by atoms with Gasteiger partial charge in [0.1, 0.15) is 0 Å². The molecule has 3 heteroatoms. The molecule has 0 heterocycles. The zero-order chi connectivity index (χ0) is 9.52. The number of carbonyl (C=O) groups excluding carboxylic acids is 1. The fourth-order valence-corrected chi connectivity index (χ4v) is 1.16. The first-order valence-corrected chi connectivity index (χ1v) is 5.18. The van der Waals surface area contributed by atoms with Crippen molar-refractivity contribution < 1.29 is 9.53 Å². The molecule has 0 aromatic heterocycles. The summed E-state index contributed by atoms with van der Waals surface area (Å²) in [4.78, 5) is 11.1. The summed E-state index contributed by atoms with van der Waals surface area (Å²) in [6, 6.07) is 0. The number of esters is 1. The van der Waals surface area contributed by atoms with E-state index in [9.17, 15) is 4.79 Å². The Hall–Kier alpha value is -0.570. The quantitative estimate of drug-likeness (QED) is 0.482. The maximum Gasteiger partial charge on any atom is 0.305 e. The Bertz CT molecular complexity index is 155. The van der Waals surface area contributed by atoms with Crippen LogP contribution in [-0.2, 0) is 9.53 Å². The van der Waals surface area contributed by atoms with Crippen LogP contribution in [-0.4, -0.2) is 19.1 Å². The Kier molecular flexibility index (Phi) is 4.83. The van der Waals surface area contributed by atoms with E-state index in [-0.39, 0.29) is 5.97 Å². The smallest absolute Gasteiger partial charge is 0.305 e. The van der Waals surface area contributed by atoms with Gasteiger partial charge in [-0.05, 0) is 38.1 Å². The lowest BCUT2D eigenvalue weighted by Gasteiger charge is -2.02. The summed E-state index contributed by atoms with van der Waals surface area (Å²) in [6.07, 6.45) is 6.00. The first-order chi connectivity index (χ1) is 6.33. The van der Waals surface area contributed by atoms with Crippen molar-refractivity contribution in [3.8, 4) is 0 Å². The van der Waals surface area contributed by atoms with Crippen molar-refractivity contribution in [1.29, 1.82) is 0 Å². The Balaban J connectivity index is 1.84. The molecule has 13 heavy (non-hydrogen) atoms. The summed E-state index contributed by atoms with van der Waals surface area (Å²) in [5.41, 5.74) is 5.34. The van der Waals surface area contributed by atoms with Crippen LogP contribution < -0.4 is 5.73 Å². The summed E-state index contributed by atoms with van der Waals surface area (Å²) >= 11 is 0. The number of ether oxygens (including phenoxy) is 1. The van der Waals surface area contributed by atoms with E-state index in [1.165, 1.54) is 12.8 Å². The lowest BCUT2D eigenvalue weighted by Crippen LogP contribution is -2.07. The van der Waals surface area contributed by atoms with Gasteiger partial charge >= 0.3 is 5.97 Å². The second-order valence-corrected chi connectivity index (χ2v) is 3.73. The minimum absolute atomic E-state index is 0.0380. The van der Waals surface area contributed by atoms with Gasteiger partial charge in [-0.2, -0.15) is 0 Å². The van der Waals surface area contributed by atoms with Gasteiger partial charge in [0, 0.05) is 6.42 Å². The highest BCUT2D eigenvalue weighted by Crippen LogP contribution is 2.28. The topological polar surface area (TPSA) is 52.3 Å². The van der Waals surface area contributed by atoms with Crippen LogP contribution in [0.25, 0.3) is 0 Å². The molecule has 0 bridgehead atoms. The van der Waals surface area contributed by atoms with Gasteiger partial charge in [0.05, 0.1) is 6.61 Å². The molecule has 0 aliphatic heterocycles. The highest BCUT2D eigenvalue weighted by molar-refractivity contribution is 5.69. The van der Waals surface area contributed by atoms with Crippen LogP contribution in [0.4, 0.5) is 0 Å². The molecule has 0 atom stereocenters.